The third-order valence-corrected chi connectivity index (χ3v) is 2.53. The fraction of sp³-hybridized carbons (Fsp3) is 0.750. The van der Waals surface area contributed by atoms with E-state index in [0.29, 0.717) is 0 Å². The van der Waals surface area contributed by atoms with Crippen LogP contribution in [0.4, 0.5) is 4.79 Å². The van der Waals surface area contributed by atoms with Gasteiger partial charge in [0.2, 0.25) is 5.91 Å². The lowest BCUT2D eigenvalue weighted by molar-refractivity contribution is -0.128. The Morgan fingerprint density at radius 3 is 2.24 bits per heavy atom. The molecular weight excluding hydrogens is 220 g/mol. The van der Waals surface area contributed by atoms with Crippen molar-refractivity contribution in [2.24, 2.45) is 0 Å². The van der Waals surface area contributed by atoms with Gasteiger partial charge < -0.3 is 10.1 Å². The van der Waals surface area contributed by atoms with Gasteiger partial charge in [0, 0.05) is 13.0 Å². The van der Waals surface area contributed by atoms with Crippen molar-refractivity contribution in [1.82, 2.24) is 10.2 Å². The lowest BCUT2D eigenvalue weighted by Gasteiger charge is -2.33. The number of hydrogen-bond acceptors (Lipinski definition) is 4. The van der Waals surface area contributed by atoms with Crippen molar-refractivity contribution in [2.45, 2.75) is 45.3 Å². The Labute approximate surface area is 102 Å². The van der Waals surface area contributed by atoms with Crippen LogP contribution < -0.4 is 5.32 Å². The molecule has 2 amide bonds. The summed E-state index contributed by atoms with van der Waals surface area (Å²) in [5, 5.41) is 3.19. The van der Waals surface area contributed by atoms with Gasteiger partial charge in [0.25, 0.3) is 0 Å². The van der Waals surface area contributed by atoms with Crippen molar-refractivity contribution in [3.8, 4) is 0 Å². The van der Waals surface area contributed by atoms with Crippen LogP contribution in [0.5, 0.6) is 0 Å². The summed E-state index contributed by atoms with van der Waals surface area (Å²) in [6, 6.07) is -0.101. The fourth-order valence-corrected chi connectivity index (χ4v) is 1.83. The van der Waals surface area contributed by atoms with Crippen molar-refractivity contribution in [2.75, 3.05) is 13.1 Å². The van der Waals surface area contributed by atoms with Crippen LogP contribution in [0.1, 0.15) is 33.6 Å². The Bertz CT molecular complexity index is 291. The Morgan fingerprint density at radius 1 is 1.29 bits per heavy atom. The third-order valence-electron chi connectivity index (χ3n) is 2.53. The smallest absolute Gasteiger partial charge is 0.417 e. The molecule has 1 fully saturated rings. The molecule has 1 aliphatic heterocycles. The standard InChI is InChI=1S/C12H21N2O3/c1-9(15)14(10-5-7-13-8-6-10)11(16)17-12(2,3)4/h10,13H,1,5-8H2,2-4H3. The number of nitrogens with zero attached hydrogens (tertiary/aromatic N) is 1. The number of piperidine rings is 1. The predicted molar refractivity (Wildman–Crippen MR) is 64.3 cm³/mol. The highest BCUT2D eigenvalue weighted by Crippen LogP contribution is 2.17. The summed E-state index contributed by atoms with van der Waals surface area (Å²) in [7, 11) is 0. The quantitative estimate of drug-likeness (QED) is 0.752. The second-order valence-electron chi connectivity index (χ2n) is 5.23. The maximum atomic E-state index is 11.9. The normalized spacial score (nSPS) is 17.6. The van der Waals surface area contributed by atoms with Crippen molar-refractivity contribution in [1.29, 1.82) is 0 Å². The molecule has 0 aliphatic carbocycles. The van der Waals surface area contributed by atoms with Gasteiger partial charge in [-0.05, 0) is 46.7 Å². The van der Waals surface area contributed by atoms with Crippen molar-refractivity contribution in [3.05, 3.63) is 6.92 Å². The summed E-state index contributed by atoms with van der Waals surface area (Å²) in [5.41, 5.74) is -0.600. The van der Waals surface area contributed by atoms with Gasteiger partial charge in [-0.1, -0.05) is 0 Å². The Kier molecular flexibility index (Phi) is 4.51. The van der Waals surface area contributed by atoms with Crippen molar-refractivity contribution >= 4 is 12.0 Å². The van der Waals surface area contributed by atoms with Gasteiger partial charge in [-0.2, -0.15) is 0 Å². The van der Waals surface area contributed by atoms with Gasteiger partial charge in [-0.15, -0.1) is 0 Å². The molecule has 17 heavy (non-hydrogen) atoms. The number of rotatable bonds is 1. The first-order chi connectivity index (χ1) is 7.81. The lowest BCUT2D eigenvalue weighted by Crippen LogP contribution is -2.50. The number of carbonyl (C=O) groups is 2. The van der Waals surface area contributed by atoms with E-state index in [1.54, 1.807) is 20.8 Å². The van der Waals surface area contributed by atoms with Crippen LogP contribution in [0.3, 0.4) is 0 Å². The van der Waals surface area contributed by atoms with Crippen LogP contribution in [0.2, 0.25) is 0 Å². The minimum Gasteiger partial charge on any atom is -0.443 e. The van der Waals surface area contributed by atoms with Crippen LogP contribution in [-0.4, -0.2) is 41.6 Å². The molecule has 1 heterocycles. The van der Waals surface area contributed by atoms with Gasteiger partial charge in [0.15, 0.2) is 0 Å². The van der Waals surface area contributed by atoms with E-state index in [1.165, 1.54) is 0 Å². The Hall–Kier alpha value is -1.10. The number of carbonyl (C=O) groups excluding carboxylic acids is 2. The summed E-state index contributed by atoms with van der Waals surface area (Å²) in [6.07, 6.45) is 0.908. The summed E-state index contributed by atoms with van der Waals surface area (Å²) < 4.78 is 5.22. The van der Waals surface area contributed by atoms with Crippen LogP contribution in [0.25, 0.3) is 0 Å². The molecule has 0 aromatic heterocycles. The van der Waals surface area contributed by atoms with Gasteiger partial charge >= 0.3 is 6.09 Å². The molecule has 0 saturated carbocycles. The van der Waals surface area contributed by atoms with E-state index in [0.717, 1.165) is 30.8 Å². The second kappa shape index (κ2) is 5.49. The molecule has 1 rings (SSSR count). The zero-order chi connectivity index (χ0) is 13.1. The van der Waals surface area contributed by atoms with Crippen LogP contribution in [-0.2, 0) is 9.53 Å². The molecule has 5 nitrogen and oxygen atoms in total. The van der Waals surface area contributed by atoms with E-state index in [-0.39, 0.29) is 6.04 Å². The average Bonchev–Trinajstić information content (AvgIpc) is 2.15. The highest BCUT2D eigenvalue weighted by molar-refractivity contribution is 5.94. The van der Waals surface area contributed by atoms with Crippen molar-refractivity contribution in [3.63, 3.8) is 0 Å². The van der Waals surface area contributed by atoms with Crippen LogP contribution in [0.15, 0.2) is 0 Å². The van der Waals surface area contributed by atoms with E-state index >= 15 is 0 Å². The highest BCUT2D eigenvalue weighted by atomic mass is 16.6. The molecule has 1 aliphatic rings. The van der Waals surface area contributed by atoms with E-state index in [1.807, 2.05) is 0 Å². The average molecular weight is 241 g/mol. The van der Waals surface area contributed by atoms with Crippen molar-refractivity contribution < 1.29 is 14.3 Å². The number of nitrogens with one attached hydrogen (secondary N) is 1. The molecule has 97 valence electrons. The summed E-state index contributed by atoms with van der Waals surface area (Å²) in [5.74, 6) is -0.494. The zero-order valence-electron chi connectivity index (χ0n) is 10.8. The summed E-state index contributed by atoms with van der Waals surface area (Å²) in [4.78, 5) is 24.5. The highest BCUT2D eigenvalue weighted by Gasteiger charge is 2.32. The summed E-state index contributed by atoms with van der Waals surface area (Å²) in [6.45, 7) is 10.3. The lowest BCUT2D eigenvalue weighted by atomic mass is 10.1. The molecule has 1 radical (unpaired) electrons. The molecule has 0 aromatic rings. The Morgan fingerprint density at radius 2 is 1.82 bits per heavy atom. The minimum atomic E-state index is -0.600. The maximum Gasteiger partial charge on any atom is 0.417 e. The molecule has 0 unspecified atom stereocenters. The van der Waals surface area contributed by atoms with E-state index < -0.39 is 17.6 Å². The molecule has 0 bridgehead atoms. The van der Waals surface area contributed by atoms with E-state index in [2.05, 4.69) is 12.2 Å². The number of ether oxygens (including phenoxy) is 1. The van der Waals surface area contributed by atoms with Crippen LogP contribution >= 0.6 is 0 Å². The third kappa shape index (κ3) is 4.34. The monoisotopic (exact) mass is 241 g/mol. The first-order valence-corrected chi connectivity index (χ1v) is 5.90. The number of amides is 2. The van der Waals surface area contributed by atoms with E-state index in [9.17, 15) is 9.59 Å². The number of hydrogen-bond donors (Lipinski definition) is 1. The topological polar surface area (TPSA) is 58.6 Å². The minimum absolute atomic E-state index is 0.101. The van der Waals surface area contributed by atoms with Gasteiger partial charge in [-0.25, -0.2) is 9.69 Å². The molecule has 5 heteroatoms. The molecule has 0 aromatic carbocycles. The Balaban J connectivity index is 2.71. The fourth-order valence-electron chi connectivity index (χ4n) is 1.83. The first-order valence-electron chi connectivity index (χ1n) is 5.90. The predicted octanol–water partition coefficient (Wildman–Crippen LogP) is 1.34. The molecular formula is C12H21N2O3. The first kappa shape index (κ1) is 14.0. The molecule has 0 spiro atoms. The van der Waals surface area contributed by atoms with Crippen LogP contribution in [0, 0.1) is 6.92 Å². The SMILES string of the molecule is [CH2]C(=O)N(C(=O)OC(C)(C)C)C1CCNCC1. The van der Waals surface area contributed by atoms with Gasteiger partial charge in [0.1, 0.15) is 5.60 Å². The van der Waals surface area contributed by atoms with E-state index in [4.69, 9.17) is 4.74 Å². The maximum absolute atomic E-state index is 11.9. The molecule has 1 saturated heterocycles. The zero-order valence-corrected chi connectivity index (χ0v) is 10.8. The number of imide groups is 1. The second-order valence-corrected chi connectivity index (χ2v) is 5.23. The summed E-state index contributed by atoms with van der Waals surface area (Å²) >= 11 is 0. The molecule has 1 N–H and O–H groups in total. The van der Waals surface area contributed by atoms with Gasteiger partial charge in [-0.3, -0.25) is 4.79 Å². The molecule has 0 atom stereocenters. The van der Waals surface area contributed by atoms with Gasteiger partial charge in [0.05, 0.1) is 0 Å². The largest absolute Gasteiger partial charge is 0.443 e.